The van der Waals surface area contributed by atoms with E-state index in [1.807, 2.05) is 4.90 Å². The Labute approximate surface area is 107 Å². The first-order chi connectivity index (χ1) is 8.49. The highest BCUT2D eigenvalue weighted by molar-refractivity contribution is 5.95. The highest BCUT2D eigenvalue weighted by atomic mass is 19.1. The van der Waals surface area contributed by atoms with Crippen LogP contribution in [0.15, 0.2) is 18.2 Å². The molecule has 98 valence electrons. The Morgan fingerprint density at radius 1 is 1.50 bits per heavy atom. The van der Waals surface area contributed by atoms with Crippen LogP contribution in [0.4, 0.5) is 10.1 Å². The second kappa shape index (κ2) is 4.96. The van der Waals surface area contributed by atoms with Gasteiger partial charge in [-0.25, -0.2) is 4.39 Å². The number of hydrogen-bond donors (Lipinski definition) is 1. The van der Waals surface area contributed by atoms with Gasteiger partial charge in [0.2, 0.25) is 0 Å². The first-order valence-corrected chi connectivity index (χ1v) is 6.33. The van der Waals surface area contributed by atoms with Gasteiger partial charge in [-0.1, -0.05) is 13.8 Å². The molecular formula is C14H19FN2O. The van der Waals surface area contributed by atoms with Crippen LogP contribution in [0.1, 0.15) is 30.6 Å². The van der Waals surface area contributed by atoms with Crippen molar-refractivity contribution < 1.29 is 9.18 Å². The molecule has 1 fully saturated rings. The van der Waals surface area contributed by atoms with Gasteiger partial charge in [0, 0.05) is 18.7 Å². The number of nitrogen functional groups attached to an aromatic ring is 1. The van der Waals surface area contributed by atoms with Crippen LogP contribution >= 0.6 is 0 Å². The lowest BCUT2D eigenvalue weighted by Gasteiger charge is -2.18. The summed E-state index contributed by atoms with van der Waals surface area (Å²) in [5.74, 6) is 0.616. The molecule has 1 atom stereocenters. The maximum Gasteiger partial charge on any atom is 0.253 e. The van der Waals surface area contributed by atoms with Gasteiger partial charge >= 0.3 is 0 Å². The molecule has 18 heavy (non-hydrogen) atoms. The van der Waals surface area contributed by atoms with E-state index in [0.29, 0.717) is 17.4 Å². The molecule has 0 radical (unpaired) electrons. The molecule has 1 heterocycles. The number of anilines is 1. The highest BCUT2D eigenvalue weighted by Crippen LogP contribution is 2.25. The Balaban J connectivity index is 2.10. The summed E-state index contributed by atoms with van der Waals surface area (Å²) in [7, 11) is 0. The number of nitrogens with zero attached hydrogens (tertiary/aromatic N) is 1. The number of nitrogens with two attached hydrogens (primary N) is 1. The molecule has 2 rings (SSSR count). The Hall–Kier alpha value is -1.58. The van der Waals surface area contributed by atoms with Crippen LogP contribution in [-0.2, 0) is 0 Å². The molecule has 0 aliphatic carbocycles. The molecule has 4 heteroatoms. The van der Waals surface area contributed by atoms with Gasteiger partial charge in [-0.15, -0.1) is 0 Å². The van der Waals surface area contributed by atoms with Gasteiger partial charge in [0.15, 0.2) is 0 Å². The van der Waals surface area contributed by atoms with Crippen molar-refractivity contribution >= 4 is 11.6 Å². The van der Waals surface area contributed by atoms with Crippen LogP contribution in [0.2, 0.25) is 0 Å². The summed E-state index contributed by atoms with van der Waals surface area (Å²) >= 11 is 0. The summed E-state index contributed by atoms with van der Waals surface area (Å²) in [5.41, 5.74) is 5.99. The largest absolute Gasteiger partial charge is 0.396 e. The summed E-state index contributed by atoms with van der Waals surface area (Å²) in [5, 5.41) is 0. The van der Waals surface area contributed by atoms with Crippen LogP contribution in [0.5, 0.6) is 0 Å². The number of hydrogen-bond acceptors (Lipinski definition) is 2. The van der Waals surface area contributed by atoms with Crippen molar-refractivity contribution in [3.05, 3.63) is 29.6 Å². The van der Waals surface area contributed by atoms with E-state index in [9.17, 15) is 9.18 Å². The zero-order valence-corrected chi connectivity index (χ0v) is 10.8. The third-order valence-corrected chi connectivity index (χ3v) is 3.70. The predicted octanol–water partition coefficient (Wildman–Crippen LogP) is 2.53. The van der Waals surface area contributed by atoms with Crippen LogP contribution in [-0.4, -0.2) is 23.9 Å². The highest BCUT2D eigenvalue weighted by Gasteiger charge is 2.28. The lowest BCUT2D eigenvalue weighted by molar-refractivity contribution is 0.0784. The average molecular weight is 250 g/mol. The minimum Gasteiger partial charge on any atom is -0.396 e. The zero-order valence-electron chi connectivity index (χ0n) is 10.8. The summed E-state index contributed by atoms with van der Waals surface area (Å²) < 4.78 is 13.1. The number of likely N-dealkylation sites (tertiary alicyclic amines) is 1. The average Bonchev–Trinajstić information content (AvgIpc) is 2.81. The van der Waals surface area contributed by atoms with Gasteiger partial charge in [-0.2, -0.15) is 0 Å². The van der Waals surface area contributed by atoms with Gasteiger partial charge < -0.3 is 10.6 Å². The molecule has 0 aromatic heterocycles. The number of amides is 1. The predicted molar refractivity (Wildman–Crippen MR) is 69.7 cm³/mol. The molecule has 2 N–H and O–H groups in total. The molecule has 1 unspecified atom stereocenters. The van der Waals surface area contributed by atoms with Crippen LogP contribution < -0.4 is 5.73 Å². The molecule has 0 saturated carbocycles. The fourth-order valence-corrected chi connectivity index (χ4v) is 2.38. The molecule has 1 aromatic carbocycles. The monoisotopic (exact) mass is 250 g/mol. The molecule has 1 aliphatic heterocycles. The molecular weight excluding hydrogens is 231 g/mol. The minimum atomic E-state index is -0.479. The van der Waals surface area contributed by atoms with E-state index in [1.165, 1.54) is 18.2 Å². The van der Waals surface area contributed by atoms with Crippen molar-refractivity contribution in [2.24, 2.45) is 11.8 Å². The fraction of sp³-hybridized carbons (Fsp3) is 0.500. The van der Waals surface area contributed by atoms with Crippen molar-refractivity contribution in [1.29, 1.82) is 0 Å². The van der Waals surface area contributed by atoms with Gasteiger partial charge in [0.05, 0.1) is 5.69 Å². The van der Waals surface area contributed by atoms with Gasteiger partial charge in [-0.3, -0.25) is 4.79 Å². The van der Waals surface area contributed by atoms with Crippen LogP contribution in [0.3, 0.4) is 0 Å². The summed E-state index contributed by atoms with van der Waals surface area (Å²) in [6, 6.07) is 4.16. The maximum atomic E-state index is 13.1. The van der Waals surface area contributed by atoms with E-state index in [4.69, 9.17) is 5.73 Å². The van der Waals surface area contributed by atoms with Crippen molar-refractivity contribution in [1.82, 2.24) is 4.90 Å². The van der Waals surface area contributed by atoms with Crippen LogP contribution in [0.25, 0.3) is 0 Å². The molecule has 1 aromatic rings. The van der Waals surface area contributed by atoms with E-state index >= 15 is 0 Å². The number of carbonyl (C=O) groups is 1. The first kappa shape index (κ1) is 12.9. The van der Waals surface area contributed by atoms with Gasteiger partial charge in [0.1, 0.15) is 5.82 Å². The summed E-state index contributed by atoms with van der Waals surface area (Å²) in [6.45, 7) is 5.91. The number of carbonyl (C=O) groups excluding carboxylic acids is 1. The Morgan fingerprint density at radius 3 is 2.78 bits per heavy atom. The normalized spacial score (nSPS) is 19.6. The van der Waals surface area contributed by atoms with E-state index in [1.54, 1.807) is 0 Å². The molecule has 3 nitrogen and oxygen atoms in total. The van der Waals surface area contributed by atoms with E-state index in [-0.39, 0.29) is 11.6 Å². The minimum absolute atomic E-state index is 0.0282. The van der Waals surface area contributed by atoms with Gasteiger partial charge in [-0.05, 0) is 36.5 Å². The maximum absolute atomic E-state index is 13.1. The topological polar surface area (TPSA) is 46.3 Å². The lowest BCUT2D eigenvalue weighted by Crippen LogP contribution is -2.29. The molecule has 1 saturated heterocycles. The smallest absolute Gasteiger partial charge is 0.253 e. The SMILES string of the molecule is CC(C)C1CCN(C(=O)c2ccc(F)c(N)c2)C1. The van der Waals surface area contributed by atoms with Gasteiger partial charge in [0.25, 0.3) is 5.91 Å². The first-order valence-electron chi connectivity index (χ1n) is 6.33. The molecule has 0 spiro atoms. The van der Waals surface area contributed by atoms with Crippen molar-refractivity contribution in [3.63, 3.8) is 0 Å². The van der Waals surface area contributed by atoms with Crippen molar-refractivity contribution in [3.8, 4) is 0 Å². The van der Waals surface area contributed by atoms with Crippen molar-refractivity contribution in [2.75, 3.05) is 18.8 Å². The molecule has 0 bridgehead atoms. The number of benzene rings is 1. The Kier molecular flexibility index (Phi) is 3.55. The summed E-state index contributed by atoms with van der Waals surface area (Å²) in [4.78, 5) is 14.1. The third-order valence-electron chi connectivity index (χ3n) is 3.70. The standard InChI is InChI=1S/C14H19FN2O/c1-9(2)11-5-6-17(8-11)14(18)10-3-4-12(15)13(16)7-10/h3-4,7,9,11H,5-6,8,16H2,1-2H3. The van der Waals surface area contributed by atoms with E-state index in [2.05, 4.69) is 13.8 Å². The summed E-state index contributed by atoms with van der Waals surface area (Å²) in [6.07, 6.45) is 1.04. The number of halogens is 1. The third kappa shape index (κ3) is 2.47. The van der Waals surface area contributed by atoms with E-state index in [0.717, 1.165) is 19.5 Å². The Bertz CT molecular complexity index is 459. The second-order valence-electron chi connectivity index (χ2n) is 5.28. The number of rotatable bonds is 2. The van der Waals surface area contributed by atoms with Crippen molar-refractivity contribution in [2.45, 2.75) is 20.3 Å². The second-order valence-corrected chi connectivity index (χ2v) is 5.28. The van der Waals surface area contributed by atoms with Crippen LogP contribution in [0, 0.1) is 17.7 Å². The molecule has 1 aliphatic rings. The fourth-order valence-electron chi connectivity index (χ4n) is 2.38. The molecule has 1 amide bonds. The lowest BCUT2D eigenvalue weighted by atomic mass is 9.95. The Morgan fingerprint density at radius 2 is 2.22 bits per heavy atom. The van der Waals surface area contributed by atoms with E-state index < -0.39 is 5.82 Å². The zero-order chi connectivity index (χ0) is 13.3. The quantitative estimate of drug-likeness (QED) is 0.820.